The lowest BCUT2D eigenvalue weighted by Gasteiger charge is -2.11. The lowest BCUT2D eigenvalue weighted by atomic mass is 10.1. The summed E-state index contributed by atoms with van der Waals surface area (Å²) in [5.74, 6) is 0.549. The van der Waals surface area contributed by atoms with E-state index in [-0.39, 0.29) is 0 Å². The lowest BCUT2D eigenvalue weighted by molar-refractivity contribution is 0.210. The third-order valence-corrected chi connectivity index (χ3v) is 3.38. The van der Waals surface area contributed by atoms with Crippen LogP contribution < -0.4 is 5.32 Å². The van der Waals surface area contributed by atoms with Crippen molar-refractivity contribution in [1.29, 1.82) is 5.26 Å². The van der Waals surface area contributed by atoms with Crippen molar-refractivity contribution in [2.24, 2.45) is 0 Å². The summed E-state index contributed by atoms with van der Waals surface area (Å²) < 4.78 is 5.01. The van der Waals surface area contributed by atoms with Crippen molar-refractivity contribution in [3.05, 3.63) is 35.9 Å². The molecule has 0 aliphatic rings. The molecule has 0 bridgehead atoms. The average molecular weight is 300 g/mol. The molecule has 1 N–H and O–H groups in total. The van der Waals surface area contributed by atoms with E-state index in [9.17, 15) is 5.26 Å². The molecule has 1 aromatic heterocycles. The van der Waals surface area contributed by atoms with Gasteiger partial charge in [0.1, 0.15) is 17.5 Å². The first-order chi connectivity index (χ1) is 10.3. The first-order valence-corrected chi connectivity index (χ1v) is 7.67. The maximum absolute atomic E-state index is 9.47. The molecule has 2 rings (SSSR count). The highest BCUT2D eigenvalue weighted by molar-refractivity contribution is 7.98. The molecule has 0 aliphatic carbocycles. The number of nitrogens with one attached hydrogen (secondary N) is 1. The molecule has 0 aliphatic heterocycles. The molecule has 0 saturated heterocycles. The number of benzene rings is 1. The first kappa shape index (κ1) is 15.3. The van der Waals surface area contributed by atoms with Crippen LogP contribution in [0.3, 0.4) is 0 Å². The van der Waals surface area contributed by atoms with Gasteiger partial charge in [0.05, 0.1) is 12.3 Å². The quantitative estimate of drug-likeness (QED) is 0.502. The zero-order valence-electron chi connectivity index (χ0n) is 12.0. The van der Waals surface area contributed by atoms with Crippen LogP contribution >= 0.6 is 11.8 Å². The molecule has 0 radical (unpaired) electrons. The standard InChI is InChI=1S/C15H16N4OS/c1-20-9-8-17-14-12(10-16)13(18-15(19-14)21-2)11-6-4-3-5-7-11/h3-7H,8-9H2,1-2H3,(H,17,18,19). The fraction of sp³-hybridized carbons (Fsp3) is 0.267. The van der Waals surface area contributed by atoms with E-state index in [1.54, 1.807) is 7.11 Å². The van der Waals surface area contributed by atoms with E-state index in [2.05, 4.69) is 21.4 Å². The molecule has 108 valence electrons. The maximum Gasteiger partial charge on any atom is 0.189 e. The topological polar surface area (TPSA) is 70.8 Å². The highest BCUT2D eigenvalue weighted by Crippen LogP contribution is 2.27. The van der Waals surface area contributed by atoms with Gasteiger partial charge in [-0.05, 0) is 6.26 Å². The van der Waals surface area contributed by atoms with Crippen molar-refractivity contribution < 1.29 is 4.74 Å². The van der Waals surface area contributed by atoms with Crippen molar-refractivity contribution in [3.63, 3.8) is 0 Å². The Morgan fingerprint density at radius 1 is 1.29 bits per heavy atom. The van der Waals surface area contributed by atoms with Crippen molar-refractivity contribution in [3.8, 4) is 17.3 Å². The third kappa shape index (κ3) is 3.72. The Hall–Kier alpha value is -2.10. The molecule has 21 heavy (non-hydrogen) atoms. The molecular weight excluding hydrogens is 284 g/mol. The van der Waals surface area contributed by atoms with Crippen molar-refractivity contribution >= 4 is 17.6 Å². The van der Waals surface area contributed by atoms with E-state index in [0.29, 0.717) is 35.4 Å². The van der Waals surface area contributed by atoms with Gasteiger partial charge in [-0.2, -0.15) is 5.26 Å². The predicted molar refractivity (Wildman–Crippen MR) is 84.3 cm³/mol. The van der Waals surface area contributed by atoms with Gasteiger partial charge in [0.2, 0.25) is 0 Å². The minimum absolute atomic E-state index is 0.454. The number of hydrogen-bond donors (Lipinski definition) is 1. The summed E-state index contributed by atoms with van der Waals surface area (Å²) in [5, 5.41) is 13.2. The molecular formula is C15H16N4OS. The van der Waals surface area contributed by atoms with Crippen LogP contribution in [-0.4, -0.2) is 36.5 Å². The van der Waals surface area contributed by atoms with Crippen molar-refractivity contribution in [2.75, 3.05) is 31.8 Å². The van der Waals surface area contributed by atoms with Crippen LogP contribution in [0.25, 0.3) is 11.3 Å². The Balaban J connectivity index is 2.48. The number of nitrogens with zero attached hydrogens (tertiary/aromatic N) is 3. The van der Waals surface area contributed by atoms with Crippen LogP contribution in [0.1, 0.15) is 5.56 Å². The number of ether oxygens (including phenoxy) is 1. The summed E-state index contributed by atoms with van der Waals surface area (Å²) in [6.45, 7) is 1.13. The third-order valence-electron chi connectivity index (χ3n) is 2.83. The Morgan fingerprint density at radius 2 is 2.05 bits per heavy atom. The number of rotatable bonds is 6. The summed E-state index contributed by atoms with van der Waals surface area (Å²) in [5.41, 5.74) is 2.01. The van der Waals surface area contributed by atoms with Crippen LogP contribution in [-0.2, 0) is 4.74 Å². The van der Waals surface area contributed by atoms with E-state index in [0.717, 1.165) is 5.56 Å². The Bertz CT molecular complexity index is 640. The van der Waals surface area contributed by atoms with E-state index in [1.165, 1.54) is 11.8 Å². The van der Waals surface area contributed by atoms with Crippen LogP contribution in [0.15, 0.2) is 35.5 Å². The van der Waals surface area contributed by atoms with Crippen molar-refractivity contribution in [2.45, 2.75) is 5.16 Å². The van der Waals surface area contributed by atoms with Gasteiger partial charge in [-0.15, -0.1) is 0 Å². The molecule has 1 heterocycles. The molecule has 6 heteroatoms. The van der Waals surface area contributed by atoms with E-state index in [1.807, 2.05) is 36.6 Å². The number of nitriles is 1. The van der Waals surface area contributed by atoms with Gasteiger partial charge in [0, 0.05) is 19.2 Å². The van der Waals surface area contributed by atoms with E-state index >= 15 is 0 Å². The maximum atomic E-state index is 9.47. The van der Waals surface area contributed by atoms with Gasteiger partial charge < -0.3 is 10.1 Å². The van der Waals surface area contributed by atoms with Crippen LogP contribution in [0.2, 0.25) is 0 Å². The normalized spacial score (nSPS) is 10.1. The summed E-state index contributed by atoms with van der Waals surface area (Å²) >= 11 is 1.45. The lowest BCUT2D eigenvalue weighted by Crippen LogP contribution is -2.12. The molecule has 0 unspecified atom stereocenters. The molecule has 0 amide bonds. The largest absolute Gasteiger partial charge is 0.383 e. The minimum Gasteiger partial charge on any atom is -0.383 e. The Kier molecular flexibility index (Phi) is 5.55. The second-order valence-corrected chi connectivity index (χ2v) is 4.95. The molecule has 0 atom stereocenters. The predicted octanol–water partition coefficient (Wildman–Crippen LogP) is 2.80. The second-order valence-electron chi connectivity index (χ2n) is 4.18. The second kappa shape index (κ2) is 7.62. The van der Waals surface area contributed by atoms with Gasteiger partial charge in [-0.3, -0.25) is 0 Å². The number of methoxy groups -OCH3 is 1. The van der Waals surface area contributed by atoms with E-state index < -0.39 is 0 Å². The number of aromatic nitrogens is 2. The molecule has 0 fully saturated rings. The van der Waals surface area contributed by atoms with Crippen LogP contribution in [0.4, 0.5) is 5.82 Å². The van der Waals surface area contributed by atoms with Gasteiger partial charge in [0.15, 0.2) is 5.16 Å². The van der Waals surface area contributed by atoms with Gasteiger partial charge in [-0.25, -0.2) is 9.97 Å². The minimum atomic E-state index is 0.454. The Morgan fingerprint density at radius 3 is 2.67 bits per heavy atom. The van der Waals surface area contributed by atoms with E-state index in [4.69, 9.17) is 4.74 Å². The number of thioether (sulfide) groups is 1. The van der Waals surface area contributed by atoms with Crippen molar-refractivity contribution in [1.82, 2.24) is 9.97 Å². The summed E-state index contributed by atoms with van der Waals surface area (Å²) in [6.07, 6.45) is 1.91. The fourth-order valence-corrected chi connectivity index (χ4v) is 2.21. The first-order valence-electron chi connectivity index (χ1n) is 6.44. The summed E-state index contributed by atoms with van der Waals surface area (Å²) in [6, 6.07) is 11.9. The molecule has 5 nitrogen and oxygen atoms in total. The highest BCUT2D eigenvalue weighted by atomic mass is 32.2. The van der Waals surface area contributed by atoms with Gasteiger partial charge >= 0.3 is 0 Å². The van der Waals surface area contributed by atoms with Crippen LogP contribution in [0, 0.1) is 11.3 Å². The molecule has 2 aromatic rings. The molecule has 0 saturated carbocycles. The van der Waals surface area contributed by atoms with Gasteiger partial charge in [-0.1, -0.05) is 42.1 Å². The molecule has 0 spiro atoms. The zero-order chi connectivity index (χ0) is 15.1. The Labute approximate surface area is 128 Å². The monoisotopic (exact) mass is 300 g/mol. The fourth-order valence-electron chi connectivity index (χ4n) is 1.84. The SMILES string of the molecule is COCCNc1nc(SC)nc(-c2ccccc2)c1C#N. The zero-order valence-corrected chi connectivity index (χ0v) is 12.8. The number of hydrogen-bond acceptors (Lipinski definition) is 6. The summed E-state index contributed by atoms with van der Waals surface area (Å²) in [4.78, 5) is 8.86. The smallest absolute Gasteiger partial charge is 0.189 e. The highest BCUT2D eigenvalue weighted by Gasteiger charge is 2.15. The van der Waals surface area contributed by atoms with Gasteiger partial charge in [0.25, 0.3) is 0 Å². The number of anilines is 1. The molecule has 1 aromatic carbocycles. The van der Waals surface area contributed by atoms with Crippen LogP contribution in [0.5, 0.6) is 0 Å². The summed E-state index contributed by atoms with van der Waals surface area (Å²) in [7, 11) is 1.63. The average Bonchev–Trinajstić information content (AvgIpc) is 2.55.